The predicted molar refractivity (Wildman–Crippen MR) is 83.7 cm³/mol. The van der Waals surface area contributed by atoms with Gasteiger partial charge in [-0.2, -0.15) is 0 Å². The van der Waals surface area contributed by atoms with E-state index in [0.717, 1.165) is 31.6 Å². The zero-order valence-electron chi connectivity index (χ0n) is 13.1. The summed E-state index contributed by atoms with van der Waals surface area (Å²) in [5.74, 6) is 0. The van der Waals surface area contributed by atoms with Gasteiger partial charge in [0.15, 0.2) is 0 Å². The molecule has 21 heavy (non-hydrogen) atoms. The second kappa shape index (κ2) is 6.91. The first-order valence-corrected chi connectivity index (χ1v) is 8.99. The highest BCUT2D eigenvalue weighted by Crippen LogP contribution is 2.17. The van der Waals surface area contributed by atoms with Gasteiger partial charge in [0, 0.05) is 37.6 Å². The Labute approximate surface area is 127 Å². The number of nitrogens with zero attached hydrogens (tertiary/aromatic N) is 2. The van der Waals surface area contributed by atoms with E-state index < -0.39 is 10.0 Å². The molecule has 0 spiro atoms. The van der Waals surface area contributed by atoms with Gasteiger partial charge in [-0.15, -0.1) is 0 Å². The van der Waals surface area contributed by atoms with Gasteiger partial charge in [0.05, 0.1) is 4.90 Å². The lowest BCUT2D eigenvalue weighted by molar-refractivity contribution is 0.311. The largest absolute Gasteiger partial charge is 0.349 e. The van der Waals surface area contributed by atoms with E-state index in [9.17, 15) is 8.42 Å². The summed E-state index contributed by atoms with van der Waals surface area (Å²) in [4.78, 5) is 2.57. The van der Waals surface area contributed by atoms with E-state index in [-0.39, 0.29) is 0 Å². The van der Waals surface area contributed by atoms with Crippen molar-refractivity contribution in [3.05, 3.63) is 18.0 Å². The summed E-state index contributed by atoms with van der Waals surface area (Å²) >= 11 is 0. The normalized spacial score (nSPS) is 20.2. The van der Waals surface area contributed by atoms with Crippen molar-refractivity contribution in [3.8, 4) is 0 Å². The molecule has 0 aliphatic carbocycles. The van der Waals surface area contributed by atoms with Crippen molar-refractivity contribution in [2.75, 3.05) is 27.2 Å². The molecule has 1 aromatic rings. The van der Waals surface area contributed by atoms with Crippen LogP contribution >= 0.6 is 0 Å². The van der Waals surface area contributed by atoms with Crippen LogP contribution in [-0.4, -0.2) is 51.1 Å². The Kier molecular flexibility index (Phi) is 5.43. The molecule has 0 radical (unpaired) electrons. The minimum atomic E-state index is -3.43. The molecule has 1 fully saturated rings. The van der Waals surface area contributed by atoms with Crippen LogP contribution in [0.2, 0.25) is 0 Å². The van der Waals surface area contributed by atoms with Crippen LogP contribution in [0.25, 0.3) is 0 Å². The van der Waals surface area contributed by atoms with Gasteiger partial charge < -0.3 is 14.8 Å². The summed E-state index contributed by atoms with van der Waals surface area (Å²) in [6, 6.07) is 2.06. The molecule has 0 aromatic carbocycles. The van der Waals surface area contributed by atoms with Gasteiger partial charge >= 0.3 is 0 Å². The molecule has 1 unspecified atom stereocenters. The monoisotopic (exact) mass is 314 g/mol. The van der Waals surface area contributed by atoms with Crippen molar-refractivity contribution in [2.45, 2.75) is 43.8 Å². The molecule has 2 rings (SSSR count). The molecule has 1 atom stereocenters. The fourth-order valence-corrected chi connectivity index (χ4v) is 3.96. The standard InChI is InChI=1S/C14H26N4O2S/c1-4-18-11-14(8-13(18)9-15-2)21(19,20)16-10-12-6-5-7-17(12)3/h8,11-12,15-16H,4-7,9-10H2,1-3H3. The molecule has 1 aliphatic rings. The maximum atomic E-state index is 12.4. The number of aryl methyl sites for hydroxylation is 1. The van der Waals surface area contributed by atoms with E-state index in [1.54, 1.807) is 12.3 Å². The van der Waals surface area contributed by atoms with Crippen LogP contribution in [0.3, 0.4) is 0 Å². The topological polar surface area (TPSA) is 66.4 Å². The van der Waals surface area contributed by atoms with E-state index >= 15 is 0 Å². The third-order valence-corrected chi connectivity index (χ3v) is 5.54. The first-order chi connectivity index (χ1) is 9.97. The third-order valence-electron chi connectivity index (χ3n) is 4.15. The Hall–Kier alpha value is -0.890. The van der Waals surface area contributed by atoms with E-state index in [2.05, 4.69) is 14.9 Å². The highest BCUT2D eigenvalue weighted by molar-refractivity contribution is 7.89. The highest BCUT2D eigenvalue weighted by atomic mass is 32.2. The molecule has 6 nitrogen and oxygen atoms in total. The van der Waals surface area contributed by atoms with Crippen molar-refractivity contribution < 1.29 is 8.42 Å². The first kappa shape index (κ1) is 16.5. The number of nitrogens with one attached hydrogen (secondary N) is 2. The molecule has 2 N–H and O–H groups in total. The molecule has 0 bridgehead atoms. The first-order valence-electron chi connectivity index (χ1n) is 7.51. The van der Waals surface area contributed by atoms with E-state index in [0.29, 0.717) is 24.0 Å². The summed E-state index contributed by atoms with van der Waals surface area (Å²) in [6.45, 7) is 4.96. The van der Waals surface area contributed by atoms with Crippen molar-refractivity contribution in [3.63, 3.8) is 0 Å². The number of hydrogen-bond donors (Lipinski definition) is 2. The van der Waals surface area contributed by atoms with Crippen molar-refractivity contribution in [1.29, 1.82) is 0 Å². The Bertz CT molecular complexity index is 568. The predicted octanol–water partition coefficient (Wildman–Crippen LogP) is 0.600. The second-order valence-electron chi connectivity index (χ2n) is 5.61. The molecular formula is C14H26N4O2S. The minimum absolute atomic E-state index is 0.310. The molecule has 1 saturated heterocycles. The van der Waals surface area contributed by atoms with Gasteiger partial charge in [0.2, 0.25) is 10.0 Å². The quantitative estimate of drug-likeness (QED) is 0.773. The molecule has 0 saturated carbocycles. The van der Waals surface area contributed by atoms with Crippen molar-refractivity contribution >= 4 is 10.0 Å². The Morgan fingerprint density at radius 1 is 1.43 bits per heavy atom. The fourth-order valence-electron chi connectivity index (χ4n) is 2.82. The lowest BCUT2D eigenvalue weighted by atomic mass is 10.2. The number of hydrogen-bond acceptors (Lipinski definition) is 4. The van der Waals surface area contributed by atoms with Crippen LogP contribution in [0.4, 0.5) is 0 Å². The number of likely N-dealkylation sites (tertiary alicyclic amines) is 1. The molecule has 120 valence electrons. The maximum absolute atomic E-state index is 12.4. The Balaban J connectivity index is 2.08. The molecule has 2 heterocycles. The summed E-state index contributed by atoms with van der Waals surface area (Å²) in [7, 11) is 0.476. The zero-order valence-corrected chi connectivity index (χ0v) is 13.9. The Morgan fingerprint density at radius 2 is 2.19 bits per heavy atom. The van der Waals surface area contributed by atoms with Crippen LogP contribution in [0, 0.1) is 0 Å². The summed E-state index contributed by atoms with van der Waals surface area (Å²) in [5.41, 5.74) is 0.985. The van der Waals surface area contributed by atoms with Crippen LogP contribution in [0.1, 0.15) is 25.5 Å². The van der Waals surface area contributed by atoms with Gasteiger partial charge in [0.25, 0.3) is 0 Å². The lowest BCUT2D eigenvalue weighted by Gasteiger charge is -2.19. The zero-order chi connectivity index (χ0) is 15.5. The van der Waals surface area contributed by atoms with E-state index in [1.807, 2.05) is 25.6 Å². The molecule has 1 aromatic heterocycles. The Morgan fingerprint density at radius 3 is 2.76 bits per heavy atom. The molecular weight excluding hydrogens is 288 g/mol. The molecule has 1 aliphatic heterocycles. The van der Waals surface area contributed by atoms with Crippen LogP contribution in [-0.2, 0) is 23.1 Å². The summed E-state index contributed by atoms with van der Waals surface area (Å²) in [5, 5.41) is 3.06. The number of sulfonamides is 1. The lowest BCUT2D eigenvalue weighted by Crippen LogP contribution is -2.38. The van der Waals surface area contributed by atoms with Gasteiger partial charge in [-0.3, -0.25) is 0 Å². The maximum Gasteiger partial charge on any atom is 0.242 e. The minimum Gasteiger partial charge on any atom is -0.349 e. The van der Waals surface area contributed by atoms with Gasteiger partial charge in [-0.1, -0.05) is 0 Å². The van der Waals surface area contributed by atoms with Gasteiger partial charge in [-0.25, -0.2) is 13.1 Å². The summed E-state index contributed by atoms with van der Waals surface area (Å²) in [6.07, 6.45) is 3.91. The van der Waals surface area contributed by atoms with Crippen LogP contribution in [0.5, 0.6) is 0 Å². The van der Waals surface area contributed by atoms with E-state index in [1.165, 1.54) is 0 Å². The van der Waals surface area contributed by atoms with Crippen LogP contribution < -0.4 is 10.0 Å². The average Bonchev–Trinajstić information content (AvgIpc) is 3.04. The second-order valence-corrected chi connectivity index (χ2v) is 7.38. The van der Waals surface area contributed by atoms with Gasteiger partial charge in [0.1, 0.15) is 0 Å². The third kappa shape index (κ3) is 3.85. The number of likely N-dealkylation sites (N-methyl/N-ethyl adjacent to an activating group) is 1. The van der Waals surface area contributed by atoms with E-state index in [4.69, 9.17) is 0 Å². The van der Waals surface area contributed by atoms with Gasteiger partial charge in [-0.05, 0) is 46.5 Å². The molecule has 0 amide bonds. The van der Waals surface area contributed by atoms with Crippen LogP contribution in [0.15, 0.2) is 17.2 Å². The van der Waals surface area contributed by atoms with Crippen molar-refractivity contribution in [2.24, 2.45) is 0 Å². The number of rotatable bonds is 7. The number of aromatic nitrogens is 1. The summed E-state index contributed by atoms with van der Waals surface area (Å²) < 4.78 is 29.6. The SMILES string of the molecule is CCn1cc(S(=O)(=O)NCC2CCCN2C)cc1CNC. The average molecular weight is 314 g/mol. The van der Waals surface area contributed by atoms with Crippen molar-refractivity contribution in [1.82, 2.24) is 19.5 Å². The molecule has 7 heteroatoms. The fraction of sp³-hybridized carbons (Fsp3) is 0.714. The smallest absolute Gasteiger partial charge is 0.242 e. The highest BCUT2D eigenvalue weighted by Gasteiger charge is 2.24.